The Morgan fingerprint density at radius 3 is 1.00 bits per heavy atom. The van der Waals surface area contributed by atoms with Gasteiger partial charge in [-0.3, -0.25) is 9.59 Å². The van der Waals surface area contributed by atoms with Gasteiger partial charge in [0.2, 0.25) is 5.91 Å². The van der Waals surface area contributed by atoms with E-state index in [1.54, 1.807) is 0 Å². The topological polar surface area (TPSA) is 95.9 Å². The van der Waals surface area contributed by atoms with E-state index in [2.05, 4.69) is 43.5 Å². The van der Waals surface area contributed by atoms with Crippen molar-refractivity contribution < 1.29 is 24.5 Å². The Labute approximate surface area is 443 Å². The molecule has 420 valence electrons. The van der Waals surface area contributed by atoms with Gasteiger partial charge in [0, 0.05) is 12.8 Å². The van der Waals surface area contributed by atoms with Gasteiger partial charge < -0.3 is 20.3 Å². The summed E-state index contributed by atoms with van der Waals surface area (Å²) in [6.45, 7) is 4.89. The van der Waals surface area contributed by atoms with Crippen molar-refractivity contribution in [3.8, 4) is 0 Å². The number of unbranched alkanes of at least 4 members (excludes halogenated alkanes) is 45. The summed E-state index contributed by atoms with van der Waals surface area (Å²) >= 11 is 0. The molecule has 2 unspecified atom stereocenters. The number of amides is 1. The van der Waals surface area contributed by atoms with Crippen LogP contribution in [0.25, 0.3) is 0 Å². The van der Waals surface area contributed by atoms with Gasteiger partial charge in [0.1, 0.15) is 0 Å². The zero-order chi connectivity index (χ0) is 51.4. The Morgan fingerprint density at radius 2 is 0.662 bits per heavy atom. The summed E-state index contributed by atoms with van der Waals surface area (Å²) in [6, 6.07) is -0.568. The second-order valence-electron chi connectivity index (χ2n) is 22.1. The molecule has 0 aromatic rings. The quantitative estimate of drug-likeness (QED) is 0.0320. The van der Waals surface area contributed by atoms with Crippen LogP contribution in [0.2, 0.25) is 0 Å². The maximum Gasteiger partial charge on any atom is 0.305 e. The first kappa shape index (κ1) is 69.3. The molecule has 6 nitrogen and oxygen atoms in total. The largest absolute Gasteiger partial charge is 0.466 e. The van der Waals surface area contributed by atoms with Crippen LogP contribution in [0.15, 0.2) is 24.3 Å². The van der Waals surface area contributed by atoms with Crippen LogP contribution in [0, 0.1) is 0 Å². The number of hydrogen-bond acceptors (Lipinski definition) is 5. The van der Waals surface area contributed by atoms with Gasteiger partial charge in [-0.05, 0) is 77.0 Å². The Balaban J connectivity index is 3.48. The van der Waals surface area contributed by atoms with Crippen molar-refractivity contribution >= 4 is 11.9 Å². The number of aliphatic hydroxyl groups excluding tert-OH is 2. The monoisotopic (exact) mass is 1000 g/mol. The van der Waals surface area contributed by atoms with E-state index in [1.165, 1.54) is 244 Å². The number of esters is 1. The zero-order valence-corrected chi connectivity index (χ0v) is 48.0. The Bertz CT molecular complexity index is 1110. The number of aliphatic hydroxyl groups is 2. The fraction of sp³-hybridized carbons (Fsp3) is 0.908. The highest BCUT2D eigenvalue weighted by molar-refractivity contribution is 5.76. The molecule has 0 aliphatic heterocycles. The molecule has 71 heavy (non-hydrogen) atoms. The van der Waals surface area contributed by atoms with Gasteiger partial charge in [-0.1, -0.05) is 289 Å². The summed E-state index contributed by atoms with van der Waals surface area (Å²) in [6.07, 6.45) is 74.8. The number of nitrogens with one attached hydrogen (secondary N) is 1. The van der Waals surface area contributed by atoms with E-state index in [-0.39, 0.29) is 18.5 Å². The van der Waals surface area contributed by atoms with Crippen molar-refractivity contribution in [2.45, 2.75) is 366 Å². The van der Waals surface area contributed by atoms with Crippen molar-refractivity contribution in [1.82, 2.24) is 5.32 Å². The average molecular weight is 1000 g/mol. The minimum absolute atomic E-state index is 0.0354. The molecule has 0 saturated carbocycles. The molecule has 0 heterocycles. The van der Waals surface area contributed by atoms with Crippen LogP contribution in [0.3, 0.4) is 0 Å². The first-order valence-corrected chi connectivity index (χ1v) is 32.1. The van der Waals surface area contributed by atoms with Crippen LogP contribution >= 0.6 is 0 Å². The van der Waals surface area contributed by atoms with Crippen LogP contribution in [-0.4, -0.2) is 47.4 Å². The summed E-state index contributed by atoms with van der Waals surface area (Å²) in [7, 11) is 0. The molecule has 0 aliphatic rings. The molecule has 0 fully saturated rings. The van der Waals surface area contributed by atoms with E-state index in [0.29, 0.717) is 25.9 Å². The SMILES string of the molecule is CCCCCCCC/C=C\CCCCCCCCCCCC(=O)OCCCC/C=C\CCCCCCC(=O)NC(CO)C(O)CCCCCCCCCCCCCCCCCCCCCCCCCCC. The lowest BCUT2D eigenvalue weighted by Gasteiger charge is -2.22. The minimum Gasteiger partial charge on any atom is -0.466 e. The van der Waals surface area contributed by atoms with Gasteiger partial charge in [0.05, 0.1) is 25.4 Å². The molecular formula is C65H125NO5. The minimum atomic E-state index is -0.688. The van der Waals surface area contributed by atoms with Gasteiger partial charge in [0.25, 0.3) is 0 Å². The molecule has 2 atom stereocenters. The number of carbonyl (C=O) groups excluding carboxylic acids is 2. The Morgan fingerprint density at radius 1 is 0.380 bits per heavy atom. The van der Waals surface area contributed by atoms with Crippen molar-refractivity contribution in [3.63, 3.8) is 0 Å². The molecule has 0 aromatic heterocycles. The predicted molar refractivity (Wildman–Crippen MR) is 310 cm³/mol. The summed E-state index contributed by atoms with van der Waals surface area (Å²) in [5, 5.41) is 23.4. The molecule has 0 radical (unpaired) electrons. The van der Waals surface area contributed by atoms with Gasteiger partial charge in [-0.2, -0.15) is 0 Å². The summed E-state index contributed by atoms with van der Waals surface area (Å²) in [4.78, 5) is 24.6. The highest BCUT2D eigenvalue weighted by atomic mass is 16.5. The van der Waals surface area contributed by atoms with Gasteiger partial charge in [0.15, 0.2) is 0 Å². The van der Waals surface area contributed by atoms with Gasteiger partial charge >= 0.3 is 5.97 Å². The smallest absolute Gasteiger partial charge is 0.305 e. The highest BCUT2D eigenvalue weighted by Gasteiger charge is 2.20. The van der Waals surface area contributed by atoms with Crippen LogP contribution < -0.4 is 5.32 Å². The average Bonchev–Trinajstić information content (AvgIpc) is 3.37. The van der Waals surface area contributed by atoms with E-state index in [1.807, 2.05) is 0 Å². The van der Waals surface area contributed by atoms with Crippen LogP contribution in [0.1, 0.15) is 354 Å². The summed E-state index contributed by atoms with van der Waals surface area (Å²) < 4.78 is 5.46. The van der Waals surface area contributed by atoms with Crippen LogP contribution in [0.5, 0.6) is 0 Å². The molecule has 0 bridgehead atoms. The number of carbonyl (C=O) groups is 2. The summed E-state index contributed by atoms with van der Waals surface area (Å²) in [5.41, 5.74) is 0. The van der Waals surface area contributed by atoms with E-state index in [0.717, 1.165) is 77.0 Å². The second-order valence-corrected chi connectivity index (χ2v) is 22.1. The highest BCUT2D eigenvalue weighted by Crippen LogP contribution is 2.18. The molecule has 6 heteroatoms. The zero-order valence-electron chi connectivity index (χ0n) is 48.0. The normalized spacial score (nSPS) is 12.7. The lowest BCUT2D eigenvalue weighted by atomic mass is 10.0. The molecule has 0 saturated heterocycles. The molecule has 0 aliphatic carbocycles. The summed E-state index contributed by atoms with van der Waals surface area (Å²) in [5.74, 6) is -0.102. The number of hydrogen-bond donors (Lipinski definition) is 3. The van der Waals surface area contributed by atoms with Gasteiger partial charge in [-0.15, -0.1) is 0 Å². The van der Waals surface area contributed by atoms with Gasteiger partial charge in [-0.25, -0.2) is 0 Å². The van der Waals surface area contributed by atoms with Crippen molar-refractivity contribution in [2.24, 2.45) is 0 Å². The Hall–Kier alpha value is -1.66. The maximum atomic E-state index is 12.5. The molecule has 0 rings (SSSR count). The van der Waals surface area contributed by atoms with Crippen molar-refractivity contribution in [2.75, 3.05) is 13.2 Å². The van der Waals surface area contributed by atoms with Crippen molar-refractivity contribution in [3.05, 3.63) is 24.3 Å². The van der Waals surface area contributed by atoms with Crippen molar-refractivity contribution in [1.29, 1.82) is 0 Å². The molecule has 1 amide bonds. The standard InChI is InChI=1S/C65H125NO5/c1-3-5-7-9-11-13-15-17-19-21-23-24-25-26-27-28-30-31-33-35-37-41-45-49-53-57-63(68)62(61-67)66-64(69)58-54-50-46-42-39-40-44-48-52-56-60-71-65(70)59-55-51-47-43-38-36-34-32-29-22-20-18-16-14-12-10-8-6-4-2/h18,20,40,44,62-63,67-68H,3-17,19,21-39,41-43,45-61H2,1-2H3,(H,66,69)/b20-18-,44-40-. The van der Waals surface area contributed by atoms with Crippen LogP contribution in [-0.2, 0) is 14.3 Å². The fourth-order valence-corrected chi connectivity index (χ4v) is 10.0. The first-order valence-electron chi connectivity index (χ1n) is 32.1. The molecular weight excluding hydrogens is 875 g/mol. The van der Waals surface area contributed by atoms with E-state index < -0.39 is 12.1 Å². The van der Waals surface area contributed by atoms with E-state index >= 15 is 0 Å². The van der Waals surface area contributed by atoms with E-state index in [9.17, 15) is 19.8 Å². The Kier molecular flexibility index (Phi) is 59.5. The fourth-order valence-electron chi connectivity index (χ4n) is 10.0. The lowest BCUT2D eigenvalue weighted by Crippen LogP contribution is -2.45. The lowest BCUT2D eigenvalue weighted by molar-refractivity contribution is -0.143. The maximum absolute atomic E-state index is 12.5. The van der Waals surface area contributed by atoms with E-state index in [4.69, 9.17) is 4.74 Å². The first-order chi connectivity index (χ1) is 35.0. The third-order valence-electron chi connectivity index (χ3n) is 15.0. The molecule has 0 spiro atoms. The number of rotatable bonds is 60. The molecule has 0 aromatic carbocycles. The second kappa shape index (κ2) is 60.9. The predicted octanol–water partition coefficient (Wildman–Crippen LogP) is 20.2. The van der Waals surface area contributed by atoms with Crippen LogP contribution in [0.4, 0.5) is 0 Å². The molecule has 3 N–H and O–H groups in total. The third-order valence-corrected chi connectivity index (χ3v) is 15.0. The number of ether oxygens (including phenoxy) is 1. The third kappa shape index (κ3) is 57.5. The number of allylic oxidation sites excluding steroid dienone is 4.